The summed E-state index contributed by atoms with van der Waals surface area (Å²) in [6, 6.07) is 5.86. The van der Waals surface area contributed by atoms with E-state index in [9.17, 15) is 4.79 Å². The van der Waals surface area contributed by atoms with E-state index < -0.39 is 0 Å². The van der Waals surface area contributed by atoms with Crippen LogP contribution in [0.2, 0.25) is 5.02 Å². The molecule has 0 aliphatic heterocycles. The van der Waals surface area contributed by atoms with Gasteiger partial charge in [-0.25, -0.2) is 9.89 Å². The molecule has 0 aliphatic rings. The molecule has 2 N–H and O–H groups in total. The molecule has 0 spiro atoms. The van der Waals surface area contributed by atoms with Crippen LogP contribution in [-0.4, -0.2) is 21.8 Å². The monoisotopic (exact) mass is 312 g/mol. The lowest BCUT2D eigenvalue weighted by atomic mass is 10.2. The number of halogens is 1. The van der Waals surface area contributed by atoms with Gasteiger partial charge in [0.1, 0.15) is 0 Å². The van der Waals surface area contributed by atoms with Crippen LogP contribution >= 0.6 is 23.4 Å². The summed E-state index contributed by atoms with van der Waals surface area (Å²) in [4.78, 5) is 12.6. The average Bonchev–Trinajstić information content (AvgIpc) is 2.75. The van der Waals surface area contributed by atoms with Crippen molar-refractivity contribution in [2.24, 2.45) is 0 Å². The van der Waals surface area contributed by atoms with Crippen molar-refractivity contribution in [1.29, 1.82) is 0 Å². The van der Waals surface area contributed by atoms with E-state index in [1.54, 1.807) is 4.57 Å². The summed E-state index contributed by atoms with van der Waals surface area (Å²) in [5.41, 5.74) is 0.874. The minimum absolute atomic E-state index is 0.174. The van der Waals surface area contributed by atoms with E-state index >= 15 is 0 Å². The number of hydrogen-bond donors (Lipinski definition) is 2. The third-order valence-corrected chi connectivity index (χ3v) is 4.11. The lowest BCUT2D eigenvalue weighted by Crippen LogP contribution is -2.17. The molecular weight excluding hydrogens is 296 g/mol. The molecule has 1 heterocycles. The molecule has 5 nitrogen and oxygen atoms in total. The highest BCUT2D eigenvalue weighted by Gasteiger charge is 2.10. The molecule has 0 atom stereocenters. The van der Waals surface area contributed by atoms with Crippen LogP contribution in [0.5, 0.6) is 0 Å². The van der Waals surface area contributed by atoms with Crippen LogP contribution in [0.4, 0.5) is 0 Å². The van der Waals surface area contributed by atoms with Crippen molar-refractivity contribution in [1.82, 2.24) is 20.1 Å². The maximum absolute atomic E-state index is 11.6. The van der Waals surface area contributed by atoms with E-state index in [4.69, 9.17) is 11.6 Å². The summed E-state index contributed by atoms with van der Waals surface area (Å²) in [7, 11) is 1.88. The molecule has 7 heteroatoms. The number of H-pyrrole nitrogens is 1. The number of rotatable bonds is 6. The Balaban J connectivity index is 2.22. The van der Waals surface area contributed by atoms with Gasteiger partial charge in [-0.05, 0) is 42.9 Å². The molecule has 2 rings (SSSR count). The van der Waals surface area contributed by atoms with Crippen LogP contribution in [0.15, 0.2) is 33.0 Å². The van der Waals surface area contributed by atoms with E-state index in [1.807, 2.05) is 32.2 Å². The summed E-state index contributed by atoms with van der Waals surface area (Å²) in [6.07, 6.45) is 0.884. The Kier molecular flexibility index (Phi) is 5.28. The SMILES string of the molecule is CCCn1c(Sc2ccc(CNC)c(Cl)c2)n[nH]c1=O. The van der Waals surface area contributed by atoms with Gasteiger partial charge in [-0.1, -0.05) is 24.6 Å². The molecule has 2 aromatic rings. The van der Waals surface area contributed by atoms with Gasteiger partial charge >= 0.3 is 5.69 Å². The molecule has 0 unspecified atom stereocenters. The van der Waals surface area contributed by atoms with Crippen LogP contribution in [0.3, 0.4) is 0 Å². The van der Waals surface area contributed by atoms with Crippen LogP contribution in [0.25, 0.3) is 0 Å². The zero-order valence-corrected chi connectivity index (χ0v) is 13.0. The van der Waals surface area contributed by atoms with Gasteiger partial charge < -0.3 is 5.32 Å². The van der Waals surface area contributed by atoms with Crippen molar-refractivity contribution in [2.75, 3.05) is 7.05 Å². The maximum atomic E-state index is 11.6. The molecular formula is C13H17ClN4OS. The second-order valence-electron chi connectivity index (χ2n) is 4.35. The number of hydrogen-bond acceptors (Lipinski definition) is 4. The van der Waals surface area contributed by atoms with E-state index in [2.05, 4.69) is 15.5 Å². The molecule has 0 amide bonds. The molecule has 108 valence electrons. The summed E-state index contributed by atoms with van der Waals surface area (Å²) in [5.74, 6) is 0. The molecule has 1 aromatic heterocycles. The molecule has 20 heavy (non-hydrogen) atoms. The van der Waals surface area contributed by atoms with Gasteiger partial charge in [-0.15, -0.1) is 5.10 Å². The predicted octanol–water partition coefficient (Wildman–Crippen LogP) is 2.51. The molecule has 0 saturated carbocycles. The fourth-order valence-corrected chi connectivity index (χ4v) is 3.04. The smallest absolute Gasteiger partial charge is 0.316 e. The van der Waals surface area contributed by atoms with Crippen LogP contribution in [0.1, 0.15) is 18.9 Å². The van der Waals surface area contributed by atoms with Gasteiger partial charge in [-0.2, -0.15) is 0 Å². The number of aromatic amines is 1. The van der Waals surface area contributed by atoms with Gasteiger partial charge in [0.2, 0.25) is 0 Å². The maximum Gasteiger partial charge on any atom is 0.343 e. The lowest BCUT2D eigenvalue weighted by molar-refractivity contribution is 0.604. The van der Waals surface area contributed by atoms with Crippen molar-refractivity contribution >= 4 is 23.4 Å². The molecule has 1 aromatic carbocycles. The fraction of sp³-hybridized carbons (Fsp3) is 0.385. The van der Waals surface area contributed by atoms with Crippen molar-refractivity contribution in [3.05, 3.63) is 39.3 Å². The Morgan fingerprint density at radius 1 is 1.50 bits per heavy atom. The second kappa shape index (κ2) is 6.97. The Morgan fingerprint density at radius 3 is 2.95 bits per heavy atom. The highest BCUT2D eigenvalue weighted by molar-refractivity contribution is 7.99. The molecule has 0 fully saturated rings. The first-order chi connectivity index (χ1) is 9.65. The summed E-state index contributed by atoms with van der Waals surface area (Å²) in [5, 5.41) is 11.0. The topological polar surface area (TPSA) is 62.7 Å². The van der Waals surface area contributed by atoms with Gasteiger partial charge in [-0.3, -0.25) is 4.57 Å². The Bertz CT molecular complexity index is 638. The normalized spacial score (nSPS) is 10.9. The number of nitrogens with one attached hydrogen (secondary N) is 2. The standard InChI is InChI=1S/C13H17ClN4OS/c1-3-6-18-12(19)16-17-13(18)20-10-5-4-9(8-15-2)11(14)7-10/h4-5,7,15H,3,6,8H2,1-2H3,(H,16,19). The van der Waals surface area contributed by atoms with Crippen LogP contribution in [-0.2, 0) is 13.1 Å². The third-order valence-electron chi connectivity index (χ3n) is 2.77. The number of nitrogens with zero attached hydrogens (tertiary/aromatic N) is 2. The first kappa shape index (κ1) is 15.2. The van der Waals surface area contributed by atoms with E-state index in [1.165, 1.54) is 11.8 Å². The Morgan fingerprint density at radius 2 is 2.30 bits per heavy atom. The lowest BCUT2D eigenvalue weighted by Gasteiger charge is -2.07. The highest BCUT2D eigenvalue weighted by Crippen LogP contribution is 2.29. The molecule has 0 radical (unpaired) electrons. The van der Waals surface area contributed by atoms with Crippen LogP contribution < -0.4 is 11.0 Å². The Labute approximate surface area is 126 Å². The zero-order valence-electron chi connectivity index (χ0n) is 11.4. The fourth-order valence-electron chi connectivity index (χ4n) is 1.83. The van der Waals surface area contributed by atoms with Gasteiger partial charge in [0.25, 0.3) is 0 Å². The van der Waals surface area contributed by atoms with Gasteiger partial charge in [0.15, 0.2) is 5.16 Å². The van der Waals surface area contributed by atoms with Gasteiger partial charge in [0, 0.05) is 23.0 Å². The molecule has 0 saturated heterocycles. The largest absolute Gasteiger partial charge is 0.343 e. The highest BCUT2D eigenvalue weighted by atomic mass is 35.5. The summed E-state index contributed by atoms with van der Waals surface area (Å²) in [6.45, 7) is 3.41. The van der Waals surface area contributed by atoms with Crippen molar-refractivity contribution in [3.8, 4) is 0 Å². The quantitative estimate of drug-likeness (QED) is 0.860. The Hall–Kier alpha value is -1.24. The van der Waals surface area contributed by atoms with Crippen molar-refractivity contribution in [3.63, 3.8) is 0 Å². The number of benzene rings is 1. The van der Waals surface area contributed by atoms with Gasteiger partial charge in [0.05, 0.1) is 0 Å². The average molecular weight is 313 g/mol. The van der Waals surface area contributed by atoms with Crippen LogP contribution in [0, 0.1) is 0 Å². The zero-order chi connectivity index (χ0) is 14.5. The molecule has 0 aliphatic carbocycles. The van der Waals surface area contributed by atoms with E-state index in [0.29, 0.717) is 16.7 Å². The van der Waals surface area contributed by atoms with E-state index in [0.717, 1.165) is 23.4 Å². The number of aromatic nitrogens is 3. The molecule has 0 bridgehead atoms. The minimum atomic E-state index is -0.174. The van der Waals surface area contributed by atoms with Crippen molar-refractivity contribution < 1.29 is 0 Å². The van der Waals surface area contributed by atoms with Crippen molar-refractivity contribution in [2.45, 2.75) is 36.5 Å². The predicted molar refractivity (Wildman–Crippen MR) is 81.5 cm³/mol. The second-order valence-corrected chi connectivity index (χ2v) is 5.80. The first-order valence-corrected chi connectivity index (χ1v) is 7.61. The summed E-state index contributed by atoms with van der Waals surface area (Å²) < 4.78 is 1.64. The minimum Gasteiger partial charge on any atom is -0.316 e. The first-order valence-electron chi connectivity index (χ1n) is 6.41. The summed E-state index contributed by atoms with van der Waals surface area (Å²) >= 11 is 7.66. The third kappa shape index (κ3) is 3.45. The van der Waals surface area contributed by atoms with E-state index in [-0.39, 0.29) is 5.69 Å².